The normalized spacial score (nSPS) is 14.3. The van der Waals surface area contributed by atoms with Crippen LogP contribution in [0.1, 0.15) is 11.1 Å². The highest BCUT2D eigenvalue weighted by Crippen LogP contribution is 2.38. The number of thioether (sulfide) groups is 1. The Morgan fingerprint density at radius 1 is 1.17 bits per heavy atom. The molecule has 0 unspecified atom stereocenters. The highest BCUT2D eigenvalue weighted by atomic mass is 32.2. The van der Waals surface area contributed by atoms with Crippen LogP contribution in [0.15, 0.2) is 58.8 Å². The largest absolute Gasteiger partial charge is 0.397 e. The highest BCUT2D eigenvalue weighted by Gasteiger charge is 2.19. The van der Waals surface area contributed by atoms with E-state index < -0.39 is 10.3 Å². The zero-order valence-corrected chi connectivity index (χ0v) is 14.1. The van der Waals surface area contributed by atoms with Crippen LogP contribution >= 0.6 is 11.8 Å². The van der Waals surface area contributed by atoms with Crippen molar-refractivity contribution in [2.45, 2.75) is 11.3 Å². The number of nitrogens with two attached hydrogens (primary N) is 1. The van der Waals surface area contributed by atoms with Crippen molar-refractivity contribution in [1.29, 1.82) is 0 Å². The van der Waals surface area contributed by atoms with E-state index in [1.54, 1.807) is 23.9 Å². The van der Waals surface area contributed by atoms with Gasteiger partial charge in [0, 0.05) is 11.9 Å². The monoisotopic (exact) mass is 348 g/mol. The minimum atomic E-state index is -3.95. The third kappa shape index (κ3) is 3.59. The molecular formula is C16H16N2O3S2. The average Bonchev–Trinajstić information content (AvgIpc) is 2.54. The fourth-order valence-electron chi connectivity index (χ4n) is 2.23. The minimum absolute atomic E-state index is 0.255. The fraction of sp³-hybridized carbons (Fsp3) is 0.125. The van der Waals surface area contributed by atoms with E-state index in [0.717, 1.165) is 16.9 Å². The summed E-state index contributed by atoms with van der Waals surface area (Å²) in [5.41, 5.74) is 3.58. The molecule has 2 N–H and O–H groups in total. The molecule has 0 saturated carbocycles. The molecule has 5 nitrogen and oxygen atoms in total. The van der Waals surface area contributed by atoms with Crippen molar-refractivity contribution in [3.05, 3.63) is 65.1 Å². The topological polar surface area (TPSA) is 72.6 Å². The molecule has 0 spiro atoms. The Labute approximate surface area is 140 Å². The van der Waals surface area contributed by atoms with E-state index in [-0.39, 0.29) is 5.75 Å². The van der Waals surface area contributed by atoms with Gasteiger partial charge in [-0.25, -0.2) is 0 Å². The summed E-state index contributed by atoms with van der Waals surface area (Å²) in [6.45, 7) is 0. The number of hydrogen-bond donors (Lipinski definition) is 1. The summed E-state index contributed by atoms with van der Waals surface area (Å²) in [6.07, 6.45) is 0.802. The molecule has 0 fully saturated rings. The molecule has 1 aliphatic heterocycles. The van der Waals surface area contributed by atoms with Crippen LogP contribution in [0.3, 0.4) is 0 Å². The molecule has 0 aliphatic carbocycles. The quantitative estimate of drug-likeness (QED) is 0.679. The van der Waals surface area contributed by atoms with Crippen LogP contribution in [0, 0.1) is 0 Å². The number of hydrazine groups is 1. The Morgan fingerprint density at radius 2 is 1.91 bits per heavy atom. The Kier molecular flexibility index (Phi) is 4.45. The van der Waals surface area contributed by atoms with Crippen molar-refractivity contribution in [2.75, 3.05) is 7.05 Å². The van der Waals surface area contributed by atoms with Gasteiger partial charge in [0.25, 0.3) is 0 Å². The molecule has 1 heterocycles. The van der Waals surface area contributed by atoms with Crippen LogP contribution in [-0.4, -0.2) is 19.9 Å². The third-order valence-electron chi connectivity index (χ3n) is 3.45. The van der Waals surface area contributed by atoms with Gasteiger partial charge < -0.3 is 4.18 Å². The summed E-state index contributed by atoms with van der Waals surface area (Å²) in [5.74, 6) is 5.50. The van der Waals surface area contributed by atoms with Crippen molar-refractivity contribution in [3.8, 4) is 5.75 Å². The van der Waals surface area contributed by atoms with E-state index in [1.807, 2.05) is 24.3 Å². The first kappa shape index (κ1) is 16.1. The zero-order chi connectivity index (χ0) is 16.4. The lowest BCUT2D eigenvalue weighted by Gasteiger charge is -2.18. The molecule has 23 heavy (non-hydrogen) atoms. The molecule has 2 aromatic carbocycles. The van der Waals surface area contributed by atoms with Gasteiger partial charge in [0.15, 0.2) is 0 Å². The van der Waals surface area contributed by atoms with Crippen LogP contribution in [0.5, 0.6) is 5.75 Å². The summed E-state index contributed by atoms with van der Waals surface area (Å²) in [4.78, 5) is 0.983. The van der Waals surface area contributed by atoms with Crippen molar-refractivity contribution < 1.29 is 12.6 Å². The Bertz CT molecular complexity index is 847. The van der Waals surface area contributed by atoms with Crippen molar-refractivity contribution >= 4 is 27.6 Å². The van der Waals surface area contributed by atoms with Gasteiger partial charge in [-0.05, 0) is 40.7 Å². The molecule has 7 heteroatoms. The first-order chi connectivity index (χ1) is 11.0. The summed E-state index contributed by atoms with van der Waals surface area (Å²) in [7, 11) is -2.73. The number of allylic oxidation sites excluding steroid dienone is 1. The van der Waals surface area contributed by atoms with Gasteiger partial charge >= 0.3 is 10.3 Å². The fourth-order valence-corrected chi connectivity index (χ4v) is 3.66. The molecule has 0 atom stereocenters. The SMILES string of the molecule is CN(N)S(=O)(=O)Oc1ccc2c(c1)SC=C(c1ccccc1)C2. The first-order valence-electron chi connectivity index (χ1n) is 6.93. The van der Waals surface area contributed by atoms with Gasteiger partial charge in [0.1, 0.15) is 5.75 Å². The summed E-state index contributed by atoms with van der Waals surface area (Å²) in [6, 6.07) is 15.4. The number of rotatable bonds is 4. The maximum Gasteiger partial charge on any atom is 0.397 e. The average molecular weight is 348 g/mol. The predicted octanol–water partition coefficient (Wildman–Crippen LogP) is 2.81. The second-order valence-electron chi connectivity index (χ2n) is 5.13. The van der Waals surface area contributed by atoms with E-state index in [0.29, 0.717) is 4.41 Å². The van der Waals surface area contributed by atoms with Crippen LogP contribution in [0.25, 0.3) is 5.57 Å². The van der Waals surface area contributed by atoms with Gasteiger partial charge in [-0.1, -0.05) is 48.2 Å². The lowest BCUT2D eigenvalue weighted by Crippen LogP contribution is -2.36. The molecule has 2 aromatic rings. The summed E-state index contributed by atoms with van der Waals surface area (Å²) in [5, 5.41) is 2.09. The second-order valence-corrected chi connectivity index (χ2v) is 7.64. The number of nitrogens with zero attached hydrogens (tertiary/aromatic N) is 1. The van der Waals surface area contributed by atoms with Crippen molar-refractivity contribution in [2.24, 2.45) is 5.84 Å². The van der Waals surface area contributed by atoms with E-state index >= 15 is 0 Å². The van der Waals surface area contributed by atoms with Crippen LogP contribution in [-0.2, 0) is 16.7 Å². The number of benzene rings is 2. The van der Waals surface area contributed by atoms with E-state index in [9.17, 15) is 8.42 Å². The molecule has 0 aromatic heterocycles. The Morgan fingerprint density at radius 3 is 2.61 bits per heavy atom. The maximum absolute atomic E-state index is 11.7. The van der Waals surface area contributed by atoms with Gasteiger partial charge in [-0.3, -0.25) is 5.84 Å². The number of fused-ring (bicyclic) bond motifs is 1. The third-order valence-corrected chi connectivity index (χ3v) is 5.59. The molecule has 0 saturated heterocycles. The van der Waals surface area contributed by atoms with Gasteiger partial charge in [-0.2, -0.15) is 8.42 Å². The molecule has 1 aliphatic rings. The Balaban J connectivity index is 1.82. The predicted molar refractivity (Wildman–Crippen MR) is 91.9 cm³/mol. The first-order valence-corrected chi connectivity index (χ1v) is 9.17. The van der Waals surface area contributed by atoms with Gasteiger partial charge in [-0.15, -0.1) is 4.41 Å². The second kappa shape index (κ2) is 6.37. The van der Waals surface area contributed by atoms with Gasteiger partial charge in [0.2, 0.25) is 0 Å². The van der Waals surface area contributed by atoms with Crippen LogP contribution in [0.2, 0.25) is 0 Å². The summed E-state index contributed by atoms with van der Waals surface area (Å²) < 4.78 is 28.9. The lowest BCUT2D eigenvalue weighted by atomic mass is 9.99. The molecular weight excluding hydrogens is 332 g/mol. The maximum atomic E-state index is 11.7. The Hall–Kier alpha value is -1.80. The zero-order valence-electron chi connectivity index (χ0n) is 12.5. The molecule has 0 radical (unpaired) electrons. The molecule has 3 rings (SSSR count). The van der Waals surface area contributed by atoms with Crippen molar-refractivity contribution in [3.63, 3.8) is 0 Å². The van der Waals surface area contributed by atoms with E-state index in [1.165, 1.54) is 18.2 Å². The van der Waals surface area contributed by atoms with E-state index in [2.05, 4.69) is 17.5 Å². The highest BCUT2D eigenvalue weighted by molar-refractivity contribution is 8.02. The minimum Gasteiger partial charge on any atom is -0.370 e. The summed E-state index contributed by atoms with van der Waals surface area (Å²) >= 11 is 1.56. The number of hydrogen-bond acceptors (Lipinski definition) is 5. The van der Waals surface area contributed by atoms with Crippen molar-refractivity contribution in [1.82, 2.24) is 4.41 Å². The molecule has 0 amide bonds. The lowest BCUT2D eigenvalue weighted by molar-refractivity contribution is 0.399. The van der Waals surface area contributed by atoms with E-state index in [4.69, 9.17) is 10.0 Å². The molecule has 0 bridgehead atoms. The van der Waals surface area contributed by atoms with Gasteiger partial charge in [0.05, 0.1) is 0 Å². The molecule has 120 valence electrons. The van der Waals surface area contributed by atoms with Crippen LogP contribution in [0.4, 0.5) is 0 Å². The smallest absolute Gasteiger partial charge is 0.370 e. The standard InChI is InChI=1S/C16H16N2O3S2/c1-18(17)23(19,20)21-15-8-7-13-9-14(11-22-16(13)10-15)12-5-3-2-4-6-12/h2-8,10-11H,9,17H2,1H3. The van der Waals surface area contributed by atoms with Crippen LogP contribution < -0.4 is 10.0 Å².